The van der Waals surface area contributed by atoms with Crippen molar-refractivity contribution < 1.29 is 14.6 Å². The highest BCUT2D eigenvalue weighted by Gasteiger charge is 2.11. The Morgan fingerprint density at radius 2 is 2.13 bits per heavy atom. The molecule has 0 saturated heterocycles. The van der Waals surface area contributed by atoms with Crippen LogP contribution in [-0.4, -0.2) is 33.0 Å². The molecule has 0 atom stereocenters. The topological polar surface area (TPSA) is 64.3 Å². The summed E-state index contributed by atoms with van der Waals surface area (Å²) in [6.45, 7) is 2.87. The van der Waals surface area contributed by atoms with Gasteiger partial charge >= 0.3 is 5.97 Å². The maximum atomic E-state index is 11.3. The van der Waals surface area contributed by atoms with Crippen LogP contribution in [0.4, 0.5) is 0 Å². The van der Waals surface area contributed by atoms with Gasteiger partial charge in [-0.1, -0.05) is 42.1 Å². The first-order valence-corrected chi connectivity index (χ1v) is 8.70. The molecule has 2 aromatic rings. The standard InChI is InChI=1S/C17H22N2O3S/c1-2-22-16(21)9-6-10-23-17-18-11-15(13-20)19(17)12-14-7-4-3-5-8-14/h3-5,7-8,11,20H,2,6,9-10,12-13H2,1H3. The number of rotatable bonds is 9. The largest absolute Gasteiger partial charge is 0.466 e. The molecule has 23 heavy (non-hydrogen) atoms. The van der Waals surface area contributed by atoms with E-state index in [2.05, 4.69) is 17.1 Å². The summed E-state index contributed by atoms with van der Waals surface area (Å²) in [6, 6.07) is 10.1. The third-order valence-corrected chi connectivity index (χ3v) is 4.39. The number of aromatic nitrogens is 2. The van der Waals surface area contributed by atoms with E-state index in [1.807, 2.05) is 29.7 Å². The summed E-state index contributed by atoms with van der Waals surface area (Å²) in [4.78, 5) is 15.7. The predicted molar refractivity (Wildman–Crippen MR) is 90.3 cm³/mol. The highest BCUT2D eigenvalue weighted by Crippen LogP contribution is 2.21. The first-order chi connectivity index (χ1) is 11.2. The van der Waals surface area contributed by atoms with Crippen LogP contribution in [0.15, 0.2) is 41.7 Å². The first kappa shape index (κ1) is 17.6. The van der Waals surface area contributed by atoms with Crippen molar-refractivity contribution in [2.24, 2.45) is 0 Å². The van der Waals surface area contributed by atoms with E-state index < -0.39 is 0 Å². The van der Waals surface area contributed by atoms with Gasteiger partial charge in [-0.3, -0.25) is 4.79 Å². The fraction of sp³-hybridized carbons (Fsp3) is 0.412. The molecule has 0 saturated carbocycles. The number of thioether (sulfide) groups is 1. The molecule has 0 aliphatic carbocycles. The Morgan fingerprint density at radius 3 is 2.83 bits per heavy atom. The van der Waals surface area contributed by atoms with E-state index in [0.29, 0.717) is 19.6 Å². The van der Waals surface area contributed by atoms with Gasteiger partial charge in [-0.2, -0.15) is 0 Å². The third-order valence-electron chi connectivity index (χ3n) is 3.31. The molecule has 0 unspecified atom stereocenters. The summed E-state index contributed by atoms with van der Waals surface area (Å²) in [7, 11) is 0. The highest BCUT2D eigenvalue weighted by molar-refractivity contribution is 7.99. The number of hydrogen-bond acceptors (Lipinski definition) is 5. The minimum Gasteiger partial charge on any atom is -0.466 e. The van der Waals surface area contributed by atoms with Gasteiger partial charge in [0.05, 0.1) is 25.1 Å². The lowest BCUT2D eigenvalue weighted by atomic mass is 10.2. The van der Waals surface area contributed by atoms with E-state index in [-0.39, 0.29) is 12.6 Å². The molecule has 5 nitrogen and oxygen atoms in total. The molecule has 1 aromatic carbocycles. The number of aliphatic hydroxyl groups is 1. The summed E-state index contributed by atoms with van der Waals surface area (Å²) < 4.78 is 6.93. The summed E-state index contributed by atoms with van der Waals surface area (Å²) in [5.74, 6) is 0.631. The minimum absolute atomic E-state index is 0.0385. The molecular weight excluding hydrogens is 312 g/mol. The van der Waals surface area contributed by atoms with E-state index in [0.717, 1.165) is 28.6 Å². The monoisotopic (exact) mass is 334 g/mol. The lowest BCUT2D eigenvalue weighted by Crippen LogP contribution is -2.07. The minimum atomic E-state index is -0.156. The zero-order chi connectivity index (χ0) is 16.5. The molecule has 0 aliphatic rings. The van der Waals surface area contributed by atoms with E-state index in [9.17, 15) is 9.90 Å². The quantitative estimate of drug-likeness (QED) is 0.434. The molecule has 0 amide bonds. The molecule has 2 rings (SSSR count). The van der Waals surface area contributed by atoms with Gasteiger partial charge in [0.15, 0.2) is 5.16 Å². The maximum Gasteiger partial charge on any atom is 0.305 e. The first-order valence-electron chi connectivity index (χ1n) is 7.72. The van der Waals surface area contributed by atoms with E-state index >= 15 is 0 Å². The number of ether oxygens (including phenoxy) is 1. The van der Waals surface area contributed by atoms with Crippen molar-refractivity contribution in [3.05, 3.63) is 47.8 Å². The van der Waals surface area contributed by atoms with Gasteiger partial charge in [-0.25, -0.2) is 4.98 Å². The zero-order valence-electron chi connectivity index (χ0n) is 13.3. The molecule has 1 N–H and O–H groups in total. The average Bonchev–Trinajstić information content (AvgIpc) is 2.95. The molecule has 6 heteroatoms. The Bertz CT molecular complexity index is 614. The van der Waals surface area contributed by atoms with Crippen LogP contribution in [0.25, 0.3) is 0 Å². The molecule has 0 radical (unpaired) electrons. The SMILES string of the molecule is CCOC(=O)CCCSc1ncc(CO)n1Cc1ccccc1. The Morgan fingerprint density at radius 1 is 1.35 bits per heavy atom. The number of nitrogens with zero attached hydrogens (tertiary/aromatic N) is 2. The van der Waals surface area contributed by atoms with Gasteiger partial charge < -0.3 is 14.4 Å². The molecule has 0 bridgehead atoms. The number of esters is 1. The van der Waals surface area contributed by atoms with E-state index in [1.165, 1.54) is 0 Å². The van der Waals surface area contributed by atoms with Crippen LogP contribution in [0.1, 0.15) is 31.0 Å². The second-order valence-electron chi connectivity index (χ2n) is 5.02. The van der Waals surface area contributed by atoms with Gasteiger partial charge in [-0.05, 0) is 18.9 Å². The van der Waals surface area contributed by atoms with E-state index in [1.54, 1.807) is 18.0 Å². The van der Waals surface area contributed by atoms with Gasteiger partial charge in [-0.15, -0.1) is 0 Å². The van der Waals surface area contributed by atoms with Crippen molar-refractivity contribution in [2.75, 3.05) is 12.4 Å². The van der Waals surface area contributed by atoms with E-state index in [4.69, 9.17) is 4.74 Å². The summed E-state index contributed by atoms with van der Waals surface area (Å²) in [5, 5.41) is 10.3. The van der Waals surface area contributed by atoms with Gasteiger partial charge in [0, 0.05) is 18.7 Å². The average molecular weight is 334 g/mol. The predicted octanol–water partition coefficient (Wildman–Crippen LogP) is 2.86. The summed E-state index contributed by atoms with van der Waals surface area (Å²) >= 11 is 1.60. The Hall–Kier alpha value is -1.79. The lowest BCUT2D eigenvalue weighted by Gasteiger charge is -2.10. The zero-order valence-corrected chi connectivity index (χ0v) is 14.1. The summed E-state index contributed by atoms with van der Waals surface area (Å²) in [5.41, 5.74) is 1.95. The van der Waals surface area contributed by atoms with Crippen molar-refractivity contribution in [1.29, 1.82) is 0 Å². The smallest absolute Gasteiger partial charge is 0.305 e. The second-order valence-corrected chi connectivity index (χ2v) is 6.08. The number of imidazole rings is 1. The Kier molecular flexibility index (Phi) is 7.16. The van der Waals surface area contributed by atoms with Crippen LogP contribution in [0.5, 0.6) is 0 Å². The van der Waals surface area contributed by atoms with Crippen LogP contribution in [0, 0.1) is 0 Å². The molecule has 0 aliphatic heterocycles. The van der Waals surface area contributed by atoms with Crippen molar-refractivity contribution >= 4 is 17.7 Å². The molecule has 124 valence electrons. The lowest BCUT2D eigenvalue weighted by molar-refractivity contribution is -0.143. The van der Waals surface area contributed by atoms with Crippen molar-refractivity contribution in [3.63, 3.8) is 0 Å². The van der Waals surface area contributed by atoms with Gasteiger partial charge in [0.25, 0.3) is 0 Å². The molecule has 0 fully saturated rings. The Labute approximate surface area is 140 Å². The van der Waals surface area contributed by atoms with Crippen LogP contribution >= 0.6 is 11.8 Å². The number of hydrogen-bond donors (Lipinski definition) is 1. The van der Waals surface area contributed by atoms with Gasteiger partial charge in [0.1, 0.15) is 0 Å². The highest BCUT2D eigenvalue weighted by atomic mass is 32.2. The van der Waals surface area contributed by atoms with Crippen LogP contribution < -0.4 is 0 Å². The van der Waals surface area contributed by atoms with Crippen molar-refractivity contribution in [3.8, 4) is 0 Å². The molecule has 1 aromatic heterocycles. The maximum absolute atomic E-state index is 11.3. The fourth-order valence-corrected chi connectivity index (χ4v) is 3.12. The fourth-order valence-electron chi connectivity index (χ4n) is 2.18. The second kappa shape index (κ2) is 9.37. The van der Waals surface area contributed by atoms with Crippen LogP contribution in [0.2, 0.25) is 0 Å². The number of carbonyl (C=O) groups excluding carboxylic acids is 1. The number of benzene rings is 1. The van der Waals surface area contributed by atoms with Crippen LogP contribution in [0.3, 0.4) is 0 Å². The summed E-state index contributed by atoms with van der Waals surface area (Å²) in [6.07, 6.45) is 2.87. The normalized spacial score (nSPS) is 10.7. The molecular formula is C17H22N2O3S. The van der Waals surface area contributed by atoms with Crippen LogP contribution in [-0.2, 0) is 22.7 Å². The Balaban J connectivity index is 1.94. The van der Waals surface area contributed by atoms with Crippen molar-refractivity contribution in [1.82, 2.24) is 9.55 Å². The van der Waals surface area contributed by atoms with Crippen molar-refractivity contribution in [2.45, 2.75) is 38.1 Å². The van der Waals surface area contributed by atoms with Gasteiger partial charge in [0.2, 0.25) is 0 Å². The number of aliphatic hydroxyl groups excluding tert-OH is 1. The molecule has 0 spiro atoms. The number of carbonyl (C=O) groups is 1. The molecule has 1 heterocycles. The third kappa shape index (κ3) is 5.41.